The quantitative estimate of drug-likeness (QED) is 0.681. The van der Waals surface area contributed by atoms with Gasteiger partial charge in [-0.2, -0.15) is 0 Å². The van der Waals surface area contributed by atoms with Crippen LogP contribution in [0, 0.1) is 27.7 Å². The van der Waals surface area contributed by atoms with E-state index < -0.39 is 0 Å². The Morgan fingerprint density at radius 3 is 2.23 bits per heavy atom. The average molecular weight is 366 g/mol. The summed E-state index contributed by atoms with van der Waals surface area (Å²) in [5.41, 5.74) is 7.59. The molecule has 0 radical (unpaired) electrons. The number of benzene rings is 2. The van der Waals surface area contributed by atoms with E-state index in [9.17, 15) is 4.79 Å². The Bertz CT molecular complexity index is 933. The van der Waals surface area contributed by atoms with E-state index in [0.29, 0.717) is 10.7 Å². The van der Waals surface area contributed by atoms with Gasteiger partial charge < -0.3 is 4.74 Å². The van der Waals surface area contributed by atoms with Crippen LogP contribution in [0.2, 0.25) is 0 Å². The van der Waals surface area contributed by atoms with Gasteiger partial charge in [0.25, 0.3) is 5.91 Å². The maximum Gasteiger partial charge on any atom is 0.257 e. The number of ether oxygens (including phenoxy) is 1. The number of aromatic nitrogens is 1. The van der Waals surface area contributed by atoms with Crippen LogP contribution >= 0.6 is 11.3 Å². The van der Waals surface area contributed by atoms with Crippen molar-refractivity contribution < 1.29 is 9.53 Å². The van der Waals surface area contributed by atoms with Crippen LogP contribution in [0.15, 0.2) is 35.7 Å². The molecule has 0 atom stereocenters. The van der Waals surface area contributed by atoms with Crippen molar-refractivity contribution >= 4 is 22.4 Å². The Balaban J connectivity index is 1.85. The molecule has 0 aliphatic carbocycles. The molecule has 1 N–H and O–H groups in total. The van der Waals surface area contributed by atoms with Gasteiger partial charge in [-0.1, -0.05) is 6.07 Å². The molecule has 0 saturated heterocycles. The predicted molar refractivity (Wildman–Crippen MR) is 107 cm³/mol. The van der Waals surface area contributed by atoms with Crippen molar-refractivity contribution in [2.75, 3.05) is 12.4 Å². The summed E-state index contributed by atoms with van der Waals surface area (Å²) in [7, 11) is 1.60. The maximum absolute atomic E-state index is 12.4. The Hall–Kier alpha value is -2.66. The number of carbonyl (C=O) groups excluding carboxylic acids is 1. The number of anilines is 1. The van der Waals surface area contributed by atoms with Gasteiger partial charge in [0, 0.05) is 16.5 Å². The molecule has 0 aliphatic heterocycles. The molecule has 0 aliphatic rings. The summed E-state index contributed by atoms with van der Waals surface area (Å²) in [5.74, 6) is 0.543. The zero-order chi connectivity index (χ0) is 18.8. The van der Waals surface area contributed by atoms with E-state index in [4.69, 9.17) is 4.74 Å². The molecule has 3 aromatic rings. The summed E-state index contributed by atoms with van der Waals surface area (Å²) in [6, 6.07) is 9.21. The van der Waals surface area contributed by atoms with Gasteiger partial charge in [-0.15, -0.1) is 11.3 Å². The highest BCUT2D eigenvalue weighted by atomic mass is 32.1. The smallest absolute Gasteiger partial charge is 0.257 e. The Kier molecular flexibility index (Phi) is 5.09. The average Bonchev–Trinajstić information content (AvgIpc) is 3.08. The third kappa shape index (κ3) is 3.48. The summed E-state index contributed by atoms with van der Waals surface area (Å²) >= 11 is 1.44. The van der Waals surface area contributed by atoms with Gasteiger partial charge in [-0.05, 0) is 74.2 Å². The van der Waals surface area contributed by atoms with Crippen LogP contribution in [0.25, 0.3) is 11.3 Å². The van der Waals surface area contributed by atoms with E-state index in [-0.39, 0.29) is 5.91 Å². The van der Waals surface area contributed by atoms with Gasteiger partial charge >= 0.3 is 0 Å². The van der Waals surface area contributed by atoms with Crippen LogP contribution in [0.1, 0.15) is 32.6 Å². The number of nitrogens with one attached hydrogen (secondary N) is 1. The molecule has 26 heavy (non-hydrogen) atoms. The molecular formula is C21H22N2O2S. The van der Waals surface area contributed by atoms with Gasteiger partial charge in [0.1, 0.15) is 5.75 Å². The minimum atomic E-state index is -0.178. The van der Waals surface area contributed by atoms with E-state index in [1.165, 1.54) is 33.6 Å². The lowest BCUT2D eigenvalue weighted by Gasteiger charge is -2.13. The fraction of sp³-hybridized carbons (Fsp3) is 0.238. The molecule has 4 nitrogen and oxygen atoms in total. The molecule has 0 bridgehead atoms. The normalized spacial score (nSPS) is 10.7. The number of nitrogens with zero attached hydrogens (tertiary/aromatic N) is 1. The van der Waals surface area contributed by atoms with Crippen molar-refractivity contribution in [3.05, 3.63) is 63.5 Å². The van der Waals surface area contributed by atoms with Crippen LogP contribution in [0.3, 0.4) is 0 Å². The molecule has 3 rings (SSSR count). The van der Waals surface area contributed by atoms with Crippen LogP contribution < -0.4 is 10.1 Å². The van der Waals surface area contributed by atoms with Gasteiger partial charge in [0.15, 0.2) is 5.13 Å². The number of thiazole rings is 1. The van der Waals surface area contributed by atoms with E-state index in [2.05, 4.69) is 44.1 Å². The Labute approximate surface area is 157 Å². The molecule has 1 aromatic heterocycles. The zero-order valence-corrected chi connectivity index (χ0v) is 16.5. The lowest BCUT2D eigenvalue weighted by atomic mass is 9.93. The predicted octanol–water partition coefficient (Wildman–Crippen LogP) is 5.30. The van der Waals surface area contributed by atoms with Crippen LogP contribution in [0.5, 0.6) is 5.75 Å². The van der Waals surface area contributed by atoms with Gasteiger partial charge in [0.2, 0.25) is 0 Å². The lowest BCUT2D eigenvalue weighted by Crippen LogP contribution is -2.11. The van der Waals surface area contributed by atoms with Crippen LogP contribution in [-0.2, 0) is 0 Å². The standard InChI is InChI=1S/C21H22N2O2S/c1-12-10-13(2)15(4)19(14(12)3)18-11-26-21(22-18)23-20(24)16-6-8-17(25-5)9-7-16/h6-11H,1-5H3,(H,22,23,24). The number of carbonyl (C=O) groups is 1. The highest BCUT2D eigenvalue weighted by Crippen LogP contribution is 2.33. The van der Waals surface area contributed by atoms with Crippen molar-refractivity contribution in [2.45, 2.75) is 27.7 Å². The summed E-state index contributed by atoms with van der Waals surface area (Å²) < 4.78 is 5.12. The first-order chi connectivity index (χ1) is 12.4. The van der Waals surface area contributed by atoms with Gasteiger partial charge in [0.05, 0.1) is 12.8 Å². The van der Waals surface area contributed by atoms with Gasteiger partial charge in [-0.25, -0.2) is 4.98 Å². The number of amides is 1. The summed E-state index contributed by atoms with van der Waals surface area (Å²) in [6.07, 6.45) is 0. The number of hydrogen-bond acceptors (Lipinski definition) is 4. The van der Waals surface area contributed by atoms with Crippen LogP contribution in [0.4, 0.5) is 5.13 Å². The molecule has 2 aromatic carbocycles. The lowest BCUT2D eigenvalue weighted by molar-refractivity contribution is 0.102. The molecule has 0 unspecified atom stereocenters. The Morgan fingerprint density at radius 2 is 1.65 bits per heavy atom. The third-order valence-electron chi connectivity index (χ3n) is 4.70. The molecule has 0 saturated carbocycles. The number of aryl methyl sites for hydroxylation is 2. The van der Waals surface area contributed by atoms with E-state index in [1.807, 2.05) is 5.38 Å². The SMILES string of the molecule is COc1ccc(C(=O)Nc2nc(-c3c(C)c(C)cc(C)c3C)cs2)cc1. The second kappa shape index (κ2) is 7.30. The second-order valence-corrected chi connectivity index (χ2v) is 7.21. The summed E-state index contributed by atoms with van der Waals surface area (Å²) in [4.78, 5) is 17.1. The van der Waals surface area contributed by atoms with Crippen molar-refractivity contribution in [1.29, 1.82) is 0 Å². The highest BCUT2D eigenvalue weighted by molar-refractivity contribution is 7.14. The highest BCUT2D eigenvalue weighted by Gasteiger charge is 2.15. The molecule has 0 fully saturated rings. The van der Waals surface area contributed by atoms with E-state index >= 15 is 0 Å². The largest absolute Gasteiger partial charge is 0.497 e. The minimum absolute atomic E-state index is 0.178. The number of rotatable bonds is 4. The van der Waals surface area contributed by atoms with E-state index in [0.717, 1.165) is 17.0 Å². The maximum atomic E-state index is 12.4. The van der Waals surface area contributed by atoms with Crippen molar-refractivity contribution in [3.8, 4) is 17.0 Å². The molecule has 1 amide bonds. The van der Waals surface area contributed by atoms with E-state index in [1.54, 1.807) is 31.4 Å². The first-order valence-electron chi connectivity index (χ1n) is 8.39. The summed E-state index contributed by atoms with van der Waals surface area (Å²) in [5, 5.41) is 5.48. The molecule has 5 heteroatoms. The topological polar surface area (TPSA) is 51.2 Å². The monoisotopic (exact) mass is 366 g/mol. The fourth-order valence-corrected chi connectivity index (χ4v) is 3.66. The van der Waals surface area contributed by atoms with Gasteiger partial charge in [-0.3, -0.25) is 10.1 Å². The second-order valence-electron chi connectivity index (χ2n) is 6.36. The van der Waals surface area contributed by atoms with Crippen molar-refractivity contribution in [3.63, 3.8) is 0 Å². The third-order valence-corrected chi connectivity index (χ3v) is 5.46. The van der Waals surface area contributed by atoms with Crippen molar-refractivity contribution in [2.24, 2.45) is 0 Å². The molecule has 1 heterocycles. The van der Waals surface area contributed by atoms with Crippen molar-refractivity contribution in [1.82, 2.24) is 4.98 Å². The minimum Gasteiger partial charge on any atom is -0.497 e. The molecular weight excluding hydrogens is 344 g/mol. The Morgan fingerprint density at radius 1 is 1.04 bits per heavy atom. The zero-order valence-electron chi connectivity index (χ0n) is 15.6. The fourth-order valence-electron chi connectivity index (χ4n) is 2.96. The molecule has 134 valence electrons. The number of hydrogen-bond donors (Lipinski definition) is 1. The summed E-state index contributed by atoms with van der Waals surface area (Å²) in [6.45, 7) is 8.46. The number of methoxy groups -OCH3 is 1. The first-order valence-corrected chi connectivity index (χ1v) is 9.27. The molecule has 0 spiro atoms. The van der Waals surface area contributed by atoms with Crippen LogP contribution in [-0.4, -0.2) is 18.0 Å². The first kappa shape index (κ1) is 18.1.